The van der Waals surface area contributed by atoms with Crippen LogP contribution in [0.3, 0.4) is 0 Å². The molecule has 0 atom stereocenters. The van der Waals surface area contributed by atoms with Gasteiger partial charge in [-0.1, -0.05) is 13.0 Å². The molecule has 3 aromatic heterocycles. The van der Waals surface area contributed by atoms with Crippen molar-refractivity contribution in [3.05, 3.63) is 71.2 Å². The minimum absolute atomic E-state index is 0.0964. The number of carbonyl (C=O) groups is 1. The summed E-state index contributed by atoms with van der Waals surface area (Å²) >= 11 is 0. The van der Waals surface area contributed by atoms with Gasteiger partial charge in [-0.25, -0.2) is 9.97 Å². The molecule has 4 rings (SSSR count). The van der Waals surface area contributed by atoms with Crippen molar-refractivity contribution in [3.8, 4) is 17.3 Å². The van der Waals surface area contributed by atoms with Crippen LogP contribution in [0.5, 0.6) is 0 Å². The first-order valence-corrected chi connectivity index (χ1v) is 9.52. The average molecular weight is 425 g/mol. The Bertz CT molecular complexity index is 1300. The number of fused-ring (bicyclic) bond motifs is 1. The van der Waals surface area contributed by atoms with Gasteiger partial charge in [0.2, 0.25) is 0 Å². The van der Waals surface area contributed by atoms with Crippen LogP contribution in [0.4, 0.5) is 13.2 Å². The maximum absolute atomic E-state index is 13.2. The minimum Gasteiger partial charge on any atom is -0.365 e. The van der Waals surface area contributed by atoms with Gasteiger partial charge in [-0.2, -0.15) is 13.2 Å². The summed E-state index contributed by atoms with van der Waals surface area (Å²) < 4.78 is 41.3. The van der Waals surface area contributed by atoms with E-state index in [2.05, 4.69) is 15.0 Å². The summed E-state index contributed by atoms with van der Waals surface area (Å²) in [4.78, 5) is 25.4. The Kier molecular flexibility index (Phi) is 4.96. The number of hydrogen-bond acceptors (Lipinski definition) is 4. The fraction of sp³-hybridized carbons (Fsp3) is 0.182. The van der Waals surface area contributed by atoms with E-state index in [9.17, 15) is 18.0 Å². The van der Waals surface area contributed by atoms with Gasteiger partial charge in [-0.15, -0.1) is 0 Å². The number of aromatic nitrogens is 4. The maximum Gasteiger partial charge on any atom is 0.416 e. The zero-order valence-electron chi connectivity index (χ0n) is 16.7. The number of pyridine rings is 1. The van der Waals surface area contributed by atoms with Crippen molar-refractivity contribution in [1.82, 2.24) is 19.5 Å². The third-order valence-corrected chi connectivity index (χ3v) is 5.03. The van der Waals surface area contributed by atoms with E-state index in [4.69, 9.17) is 5.73 Å². The molecule has 0 aliphatic rings. The molecule has 0 aliphatic carbocycles. The second-order valence-corrected chi connectivity index (χ2v) is 7.02. The Morgan fingerprint density at radius 1 is 1.16 bits per heavy atom. The van der Waals surface area contributed by atoms with Crippen molar-refractivity contribution in [1.29, 1.82) is 0 Å². The number of benzene rings is 1. The second kappa shape index (κ2) is 7.50. The molecule has 4 aromatic rings. The third-order valence-electron chi connectivity index (χ3n) is 5.03. The van der Waals surface area contributed by atoms with Crippen molar-refractivity contribution in [2.24, 2.45) is 5.73 Å². The van der Waals surface area contributed by atoms with E-state index >= 15 is 0 Å². The van der Waals surface area contributed by atoms with Crippen molar-refractivity contribution in [2.75, 3.05) is 0 Å². The van der Waals surface area contributed by atoms with Crippen LogP contribution in [0.2, 0.25) is 0 Å². The standard InChI is InChI=1S/C22H18F3N5O/c1-3-13-11-30(17-8-7-14(10-15(13)17)22(23,24)25)21-18(19(26)31)12(2)28-20(29-21)16-6-4-5-9-27-16/h4-11H,3H2,1-2H3,(H2,26,31). The summed E-state index contributed by atoms with van der Waals surface area (Å²) in [6, 6.07) is 8.75. The summed E-state index contributed by atoms with van der Waals surface area (Å²) in [7, 11) is 0. The van der Waals surface area contributed by atoms with Gasteiger partial charge in [-0.3, -0.25) is 9.78 Å². The fourth-order valence-corrected chi connectivity index (χ4v) is 3.56. The minimum atomic E-state index is -4.46. The number of amides is 1. The van der Waals surface area contributed by atoms with Crippen LogP contribution in [-0.4, -0.2) is 25.4 Å². The SMILES string of the molecule is CCc1cn(-c2nc(-c3ccccn3)nc(C)c2C(N)=O)c2ccc(C(F)(F)F)cc12. The number of hydrogen-bond donors (Lipinski definition) is 1. The zero-order valence-corrected chi connectivity index (χ0v) is 16.7. The molecule has 0 spiro atoms. The van der Waals surface area contributed by atoms with Gasteiger partial charge >= 0.3 is 6.18 Å². The number of aryl methyl sites for hydroxylation is 2. The van der Waals surface area contributed by atoms with Crippen LogP contribution in [0.1, 0.15) is 34.1 Å². The van der Waals surface area contributed by atoms with Crippen LogP contribution in [0.25, 0.3) is 28.2 Å². The van der Waals surface area contributed by atoms with Crippen LogP contribution in [0, 0.1) is 6.92 Å². The number of carbonyl (C=O) groups excluding carboxylic acids is 1. The number of alkyl halides is 3. The first-order chi connectivity index (χ1) is 14.7. The van der Waals surface area contributed by atoms with Crippen LogP contribution < -0.4 is 5.73 Å². The van der Waals surface area contributed by atoms with E-state index in [1.165, 1.54) is 6.07 Å². The molecule has 0 unspecified atom stereocenters. The summed E-state index contributed by atoms with van der Waals surface area (Å²) in [5.41, 5.74) is 6.98. The molecule has 0 saturated heterocycles. The van der Waals surface area contributed by atoms with Crippen molar-refractivity contribution >= 4 is 16.8 Å². The van der Waals surface area contributed by atoms with Gasteiger partial charge in [0.05, 0.1) is 16.8 Å². The Balaban J connectivity index is 2.03. The molecule has 1 aromatic carbocycles. The number of primary amides is 1. The van der Waals surface area contributed by atoms with Gasteiger partial charge in [0.25, 0.3) is 5.91 Å². The average Bonchev–Trinajstić information content (AvgIpc) is 3.11. The molecule has 3 heterocycles. The molecule has 1 amide bonds. The number of nitrogens with zero attached hydrogens (tertiary/aromatic N) is 4. The van der Waals surface area contributed by atoms with E-state index in [0.29, 0.717) is 34.3 Å². The second-order valence-electron chi connectivity index (χ2n) is 7.02. The molecule has 0 saturated carbocycles. The van der Waals surface area contributed by atoms with Crippen molar-refractivity contribution < 1.29 is 18.0 Å². The monoisotopic (exact) mass is 425 g/mol. The lowest BCUT2D eigenvalue weighted by atomic mass is 10.1. The normalized spacial score (nSPS) is 11.8. The molecule has 9 heteroatoms. The van der Waals surface area contributed by atoms with E-state index < -0.39 is 17.6 Å². The summed E-state index contributed by atoms with van der Waals surface area (Å²) in [5.74, 6) is -0.248. The predicted molar refractivity (Wildman–Crippen MR) is 110 cm³/mol. The Morgan fingerprint density at radius 2 is 1.94 bits per heavy atom. The van der Waals surface area contributed by atoms with Gasteiger partial charge < -0.3 is 10.3 Å². The lowest BCUT2D eigenvalue weighted by molar-refractivity contribution is -0.137. The van der Waals surface area contributed by atoms with Crippen molar-refractivity contribution in [3.63, 3.8) is 0 Å². The molecular weight excluding hydrogens is 407 g/mol. The Hall–Kier alpha value is -3.75. The molecular formula is C22H18F3N5O. The Labute approximate surface area is 175 Å². The fourth-order valence-electron chi connectivity index (χ4n) is 3.56. The van der Waals surface area contributed by atoms with E-state index in [1.54, 1.807) is 42.1 Å². The van der Waals surface area contributed by atoms with Crippen LogP contribution in [-0.2, 0) is 12.6 Å². The Morgan fingerprint density at radius 3 is 2.55 bits per heavy atom. The number of nitrogens with two attached hydrogens (primary N) is 1. The molecule has 6 nitrogen and oxygen atoms in total. The topological polar surface area (TPSA) is 86.7 Å². The molecule has 0 fully saturated rings. The molecule has 0 radical (unpaired) electrons. The van der Waals surface area contributed by atoms with E-state index in [0.717, 1.165) is 12.1 Å². The summed E-state index contributed by atoms with van der Waals surface area (Å²) in [5, 5.41) is 0.434. The van der Waals surface area contributed by atoms with Crippen LogP contribution >= 0.6 is 0 Å². The van der Waals surface area contributed by atoms with Crippen molar-refractivity contribution in [2.45, 2.75) is 26.4 Å². The largest absolute Gasteiger partial charge is 0.416 e. The first kappa shape index (κ1) is 20.5. The first-order valence-electron chi connectivity index (χ1n) is 9.52. The zero-order chi connectivity index (χ0) is 22.3. The number of halogens is 3. The highest BCUT2D eigenvalue weighted by atomic mass is 19.4. The van der Waals surface area contributed by atoms with E-state index in [1.807, 2.05) is 6.92 Å². The third kappa shape index (κ3) is 3.63. The van der Waals surface area contributed by atoms with Crippen LogP contribution in [0.15, 0.2) is 48.8 Å². The molecule has 0 aliphatic heterocycles. The maximum atomic E-state index is 13.2. The summed E-state index contributed by atoms with van der Waals surface area (Å²) in [6.07, 6.45) is -0.693. The summed E-state index contributed by atoms with van der Waals surface area (Å²) in [6.45, 7) is 3.48. The van der Waals surface area contributed by atoms with Gasteiger partial charge in [0.15, 0.2) is 11.6 Å². The lowest BCUT2D eigenvalue weighted by Crippen LogP contribution is -2.19. The lowest BCUT2D eigenvalue weighted by Gasteiger charge is -2.13. The van der Waals surface area contributed by atoms with Gasteiger partial charge in [0, 0.05) is 17.8 Å². The quantitative estimate of drug-likeness (QED) is 0.523. The molecule has 0 bridgehead atoms. The van der Waals surface area contributed by atoms with Gasteiger partial charge in [-0.05, 0) is 49.2 Å². The predicted octanol–water partition coefficient (Wildman–Crippen LogP) is 4.47. The molecule has 158 valence electrons. The number of rotatable bonds is 4. The smallest absolute Gasteiger partial charge is 0.365 e. The van der Waals surface area contributed by atoms with Gasteiger partial charge in [0.1, 0.15) is 11.3 Å². The van der Waals surface area contributed by atoms with E-state index in [-0.39, 0.29) is 17.2 Å². The molecule has 2 N–H and O–H groups in total. The highest BCUT2D eigenvalue weighted by Gasteiger charge is 2.31. The molecule has 31 heavy (non-hydrogen) atoms. The highest BCUT2D eigenvalue weighted by Crippen LogP contribution is 2.34. The highest BCUT2D eigenvalue weighted by molar-refractivity contribution is 5.98.